The van der Waals surface area contributed by atoms with Gasteiger partial charge in [-0.3, -0.25) is 0 Å². The van der Waals surface area contributed by atoms with Gasteiger partial charge < -0.3 is 56.9 Å². The van der Waals surface area contributed by atoms with E-state index in [2.05, 4.69) is 26.3 Å². The Kier molecular flexibility index (Phi) is 30.5. The molecule has 0 N–H and O–H groups in total. The van der Waals surface area contributed by atoms with Crippen molar-refractivity contribution in [2.75, 3.05) is 79.4 Å². The van der Waals surface area contributed by atoms with Crippen molar-refractivity contribution < 1.29 is 76.1 Å². The van der Waals surface area contributed by atoms with E-state index in [9.17, 15) is 19.2 Å². The smallest absolute Gasteiger partial charge is 0.330 e. The minimum Gasteiger partial charge on any atom is -0.462 e. The number of nitrogens with zero attached hydrogens (tertiary/aromatic N) is 1. The average Bonchev–Trinajstić information content (AvgIpc) is 3.26. The Morgan fingerprint density at radius 2 is 0.662 bits per heavy atom. The summed E-state index contributed by atoms with van der Waals surface area (Å²) in [7, 11) is 3.72. The fourth-order valence-corrected chi connectivity index (χ4v) is 5.90. The molecule has 0 radical (unpaired) electrons. The molecule has 0 fully saturated rings. The monoisotopic (exact) mass is 1010 g/mol. The lowest BCUT2D eigenvalue weighted by molar-refractivity contribution is -0.232. The van der Waals surface area contributed by atoms with E-state index in [-0.39, 0.29) is 59.6 Å². The molecule has 0 aliphatic carbocycles. The molecule has 0 aromatic carbocycles. The molecule has 0 aromatic heterocycles. The topological polar surface area (TPSA) is 182 Å². The number of hydroxylamine groups is 1. The second kappa shape index (κ2) is 32.0. The molecule has 0 bridgehead atoms. The third-order valence-electron chi connectivity index (χ3n) is 11.6. The van der Waals surface area contributed by atoms with Crippen LogP contribution in [-0.2, 0) is 76.1 Å². The SMILES string of the molecule is BN(COC(C)(C)CCOC(=O)C=C)OCC(COC(C)(C)CCOC(B)(C)CCOC(=O)C=C)(COC(C)(C)CCOC(C)(C)CCOC(=O)C=C)COC(C)(C)CCOC(C)(C)CCOC(=O)C=C. The van der Waals surface area contributed by atoms with Crippen LogP contribution in [0.25, 0.3) is 0 Å². The fourth-order valence-electron chi connectivity index (χ4n) is 5.90. The Balaban J connectivity index is 6.62. The summed E-state index contributed by atoms with van der Waals surface area (Å²) < 4.78 is 66.3. The maximum absolute atomic E-state index is 11.6. The van der Waals surface area contributed by atoms with Gasteiger partial charge in [-0.15, -0.1) is 0 Å². The maximum Gasteiger partial charge on any atom is 0.330 e. The quantitative estimate of drug-likeness (QED) is 0.0161. The van der Waals surface area contributed by atoms with E-state index >= 15 is 0 Å². The molecule has 0 saturated heterocycles. The van der Waals surface area contributed by atoms with E-state index < -0.39 is 68.4 Å². The van der Waals surface area contributed by atoms with E-state index in [0.29, 0.717) is 64.8 Å². The number of hydrogen-bond donors (Lipinski definition) is 0. The minimum atomic E-state index is -0.909. The Hall–Kier alpha value is -3.39. The zero-order valence-electron chi connectivity index (χ0n) is 46.6. The molecule has 0 spiro atoms. The molecule has 0 rings (SSSR count). The summed E-state index contributed by atoms with van der Waals surface area (Å²) in [6, 6.07) is 0. The largest absolute Gasteiger partial charge is 0.462 e. The molecule has 408 valence electrons. The van der Waals surface area contributed by atoms with Crippen LogP contribution in [0.2, 0.25) is 0 Å². The molecule has 0 aliphatic heterocycles. The minimum absolute atomic E-state index is 0.0866. The number of carbonyl (C=O) groups excluding carboxylic acids is 4. The first-order valence-electron chi connectivity index (χ1n) is 24.6. The fraction of sp³-hybridized carbons (Fsp3) is 0.769. The van der Waals surface area contributed by atoms with E-state index in [1.54, 1.807) is 13.0 Å². The van der Waals surface area contributed by atoms with Gasteiger partial charge in [0.15, 0.2) is 0 Å². The average molecular weight is 1010 g/mol. The summed E-state index contributed by atoms with van der Waals surface area (Å²) in [6.07, 6.45) is 8.04. The zero-order chi connectivity index (χ0) is 54.6. The number of rotatable bonds is 43. The molecule has 17 nitrogen and oxygen atoms in total. The van der Waals surface area contributed by atoms with Crippen molar-refractivity contribution >= 4 is 39.7 Å². The van der Waals surface area contributed by atoms with Gasteiger partial charge in [-0.05, 0) is 109 Å². The molecule has 1 atom stereocenters. The second-order valence-electron chi connectivity index (χ2n) is 22.1. The lowest BCUT2D eigenvalue weighted by atomic mass is 9.80. The standard InChI is InChI=1S/C52H93B2NO16/c1-18-41(56)60-29-22-45(5,6)64-33-25-47(9,10)67-36-52(39-71-55(54)40-70-50(15,16)24-31-62-43(58)20-3,37-68-48(11,12)26-34-65-46(7,8)23-30-61-42(57)19-2)38-69-49(13,14)27-35-66-51(17,53)28-32-63-44(59)21-4/h18-21H,1-4,22-40,53-54H2,5-17H3. The van der Waals surface area contributed by atoms with Gasteiger partial charge in [0.25, 0.3) is 0 Å². The van der Waals surface area contributed by atoms with Crippen LogP contribution in [-0.4, -0.2) is 163 Å². The van der Waals surface area contributed by atoms with Crippen molar-refractivity contribution in [3.05, 3.63) is 50.6 Å². The van der Waals surface area contributed by atoms with Gasteiger partial charge in [-0.2, -0.15) is 0 Å². The summed E-state index contributed by atoms with van der Waals surface area (Å²) >= 11 is 0. The third-order valence-corrected chi connectivity index (χ3v) is 11.6. The van der Waals surface area contributed by atoms with Gasteiger partial charge in [-0.1, -0.05) is 26.3 Å². The van der Waals surface area contributed by atoms with Gasteiger partial charge in [-0.25, -0.2) is 24.2 Å². The molecule has 71 heavy (non-hydrogen) atoms. The van der Waals surface area contributed by atoms with Crippen LogP contribution in [0.3, 0.4) is 0 Å². The van der Waals surface area contributed by atoms with Crippen LogP contribution in [0.15, 0.2) is 50.6 Å². The summed E-state index contributed by atoms with van der Waals surface area (Å²) in [5.41, 5.74) is -5.33. The van der Waals surface area contributed by atoms with Crippen LogP contribution >= 0.6 is 0 Å². The highest BCUT2D eigenvalue weighted by Crippen LogP contribution is 2.32. The predicted octanol–water partition coefficient (Wildman–Crippen LogP) is 6.50. The van der Waals surface area contributed by atoms with Crippen molar-refractivity contribution in [3.8, 4) is 0 Å². The number of esters is 4. The van der Waals surface area contributed by atoms with Crippen molar-refractivity contribution in [2.24, 2.45) is 5.41 Å². The van der Waals surface area contributed by atoms with Crippen molar-refractivity contribution in [2.45, 2.75) is 174 Å². The number of hydrogen-bond acceptors (Lipinski definition) is 17. The van der Waals surface area contributed by atoms with E-state index in [1.165, 1.54) is 0 Å². The molecule has 0 aliphatic rings. The summed E-state index contributed by atoms with van der Waals surface area (Å²) in [4.78, 5) is 54.6. The lowest BCUT2D eigenvalue weighted by Crippen LogP contribution is -2.49. The predicted molar refractivity (Wildman–Crippen MR) is 279 cm³/mol. The highest BCUT2D eigenvalue weighted by Gasteiger charge is 2.40. The first-order chi connectivity index (χ1) is 32.7. The second-order valence-corrected chi connectivity index (χ2v) is 22.1. The summed E-state index contributed by atoms with van der Waals surface area (Å²) in [5.74, 6) is -1.95. The van der Waals surface area contributed by atoms with Crippen molar-refractivity contribution in [3.63, 3.8) is 0 Å². The first-order valence-corrected chi connectivity index (χ1v) is 24.6. The Bertz CT molecular complexity index is 1500. The number of carbonyl (C=O) groups is 4. The zero-order valence-corrected chi connectivity index (χ0v) is 46.6. The third kappa shape index (κ3) is 34.6. The van der Waals surface area contributed by atoms with Crippen molar-refractivity contribution in [1.29, 1.82) is 0 Å². The van der Waals surface area contributed by atoms with Gasteiger partial charge in [0.05, 0.1) is 105 Å². The molecular formula is C52H93B2NO16. The first kappa shape index (κ1) is 67.6. The lowest BCUT2D eigenvalue weighted by Gasteiger charge is -2.41. The normalized spacial score (nSPS) is 13.8. The highest BCUT2D eigenvalue weighted by atomic mass is 16.7. The molecule has 1 unspecified atom stereocenters. The Morgan fingerprint density at radius 3 is 0.986 bits per heavy atom. The van der Waals surface area contributed by atoms with Gasteiger partial charge >= 0.3 is 23.9 Å². The van der Waals surface area contributed by atoms with Crippen molar-refractivity contribution in [1.82, 2.24) is 4.97 Å². The summed E-state index contributed by atoms with van der Waals surface area (Å²) in [6.45, 7) is 41.9. The Labute approximate surface area is 429 Å². The molecule has 0 amide bonds. The highest BCUT2D eigenvalue weighted by molar-refractivity contribution is 6.14. The molecular weight excluding hydrogens is 916 g/mol. The molecule has 0 heterocycles. The maximum atomic E-state index is 11.6. The van der Waals surface area contributed by atoms with Crippen LogP contribution in [0.4, 0.5) is 0 Å². The Morgan fingerprint density at radius 1 is 0.394 bits per heavy atom. The van der Waals surface area contributed by atoms with Crippen LogP contribution in [0.1, 0.15) is 135 Å². The van der Waals surface area contributed by atoms with Crippen LogP contribution in [0, 0.1) is 5.41 Å². The van der Waals surface area contributed by atoms with Gasteiger partial charge in [0, 0.05) is 62.1 Å². The number of ether oxygens (including phenoxy) is 11. The summed E-state index contributed by atoms with van der Waals surface area (Å²) in [5, 5.41) is 0. The molecule has 19 heteroatoms. The molecule has 0 aromatic rings. The van der Waals surface area contributed by atoms with Gasteiger partial charge in [0.2, 0.25) is 7.98 Å². The van der Waals surface area contributed by atoms with Crippen LogP contribution in [0.5, 0.6) is 0 Å². The van der Waals surface area contributed by atoms with E-state index in [1.807, 2.05) is 97.9 Å². The van der Waals surface area contributed by atoms with Gasteiger partial charge in [0.1, 0.15) is 14.6 Å². The van der Waals surface area contributed by atoms with E-state index in [0.717, 1.165) is 24.3 Å². The van der Waals surface area contributed by atoms with Crippen LogP contribution < -0.4 is 0 Å². The van der Waals surface area contributed by atoms with E-state index in [4.69, 9.17) is 56.9 Å². The molecule has 0 saturated carbocycles.